The van der Waals surface area contributed by atoms with Gasteiger partial charge in [0.05, 0.1) is 33.8 Å². The van der Waals surface area contributed by atoms with Crippen LogP contribution in [0.4, 0.5) is 5.13 Å². The van der Waals surface area contributed by atoms with Crippen molar-refractivity contribution in [2.24, 2.45) is 0 Å². The number of thiazole rings is 1. The number of aryl methyl sites for hydroxylation is 2. The van der Waals surface area contributed by atoms with E-state index in [1.54, 1.807) is 25.1 Å². The molecule has 0 bridgehead atoms. The normalized spacial score (nSPS) is 15.2. The van der Waals surface area contributed by atoms with Crippen molar-refractivity contribution < 1.29 is 19.4 Å². The van der Waals surface area contributed by atoms with E-state index in [2.05, 4.69) is 39.4 Å². The van der Waals surface area contributed by atoms with Gasteiger partial charge in [-0.15, -0.1) is 21.5 Å². The molecule has 0 aliphatic carbocycles. The molecular weight excluding hydrogens is 589 g/mol. The van der Waals surface area contributed by atoms with Crippen LogP contribution < -0.4 is 9.64 Å². The highest BCUT2D eigenvalue weighted by Gasteiger charge is 2.46. The highest BCUT2D eigenvalue weighted by atomic mass is 32.2. The van der Waals surface area contributed by atoms with E-state index >= 15 is 0 Å². The lowest BCUT2D eigenvalue weighted by molar-refractivity contribution is -0.117. The van der Waals surface area contributed by atoms with Crippen LogP contribution in [-0.2, 0) is 10.5 Å². The van der Waals surface area contributed by atoms with Crippen molar-refractivity contribution in [1.29, 1.82) is 0 Å². The summed E-state index contributed by atoms with van der Waals surface area (Å²) in [4.78, 5) is 33.6. The Hall–Kier alpha value is -4.06. The van der Waals surface area contributed by atoms with E-state index in [-0.39, 0.29) is 5.57 Å². The predicted octanol–water partition coefficient (Wildman–Crippen LogP) is 7.24. The van der Waals surface area contributed by atoms with Crippen molar-refractivity contribution >= 4 is 62.0 Å². The lowest BCUT2D eigenvalue weighted by Crippen LogP contribution is -2.31. The van der Waals surface area contributed by atoms with Gasteiger partial charge >= 0.3 is 0 Å². The number of thioether (sulfide) groups is 1. The summed E-state index contributed by atoms with van der Waals surface area (Å²) in [7, 11) is 0. The Morgan fingerprint density at radius 1 is 1.05 bits per heavy atom. The average molecular weight is 615 g/mol. The summed E-state index contributed by atoms with van der Waals surface area (Å²) < 4.78 is 6.38. The van der Waals surface area contributed by atoms with Crippen LogP contribution in [-0.4, -0.2) is 38.6 Å². The molecule has 2 aromatic heterocycles. The number of Topliss-reactive ketones (excluding diaryl/α,β-unsaturated/α-hetero) is 1. The van der Waals surface area contributed by atoms with E-state index in [4.69, 9.17) is 4.74 Å². The van der Waals surface area contributed by atoms with Gasteiger partial charge in [-0.25, -0.2) is 4.98 Å². The van der Waals surface area contributed by atoms with Crippen LogP contribution in [0, 0.1) is 13.8 Å². The fourth-order valence-corrected chi connectivity index (χ4v) is 7.82. The summed E-state index contributed by atoms with van der Waals surface area (Å²) in [6.45, 7) is 5.90. The molecule has 1 amide bonds. The summed E-state index contributed by atoms with van der Waals surface area (Å²) >= 11 is 4.01. The number of amides is 1. The van der Waals surface area contributed by atoms with Gasteiger partial charge in [0, 0.05) is 5.75 Å². The first-order chi connectivity index (χ1) is 20.4. The van der Waals surface area contributed by atoms with Gasteiger partial charge in [0.15, 0.2) is 10.1 Å². The molecule has 1 unspecified atom stereocenters. The summed E-state index contributed by atoms with van der Waals surface area (Å²) in [6.07, 6.45) is 0. The number of carbonyl (C=O) groups is 2. The minimum atomic E-state index is -0.920. The van der Waals surface area contributed by atoms with Gasteiger partial charge < -0.3 is 9.84 Å². The Balaban J connectivity index is 1.36. The molecule has 1 N–H and O–H groups in total. The molecule has 1 aliphatic heterocycles. The molecule has 11 heteroatoms. The van der Waals surface area contributed by atoms with Crippen molar-refractivity contribution in [3.63, 3.8) is 0 Å². The largest absolute Gasteiger partial charge is 0.503 e. The Labute approximate surface area is 254 Å². The number of aliphatic hydroxyl groups excluding tert-OH is 1. The highest BCUT2D eigenvalue weighted by molar-refractivity contribution is 8.00. The second-order valence-corrected chi connectivity index (χ2v) is 13.0. The molecule has 5 aromatic rings. The molecule has 1 aliphatic rings. The molecule has 42 heavy (non-hydrogen) atoms. The third kappa shape index (κ3) is 5.19. The molecule has 0 fully saturated rings. The number of aromatic nitrogens is 3. The van der Waals surface area contributed by atoms with E-state index in [0.717, 1.165) is 5.01 Å². The van der Waals surface area contributed by atoms with Crippen LogP contribution in [0.5, 0.6) is 5.75 Å². The average Bonchev–Trinajstić information content (AvgIpc) is 3.67. The number of rotatable bonds is 9. The van der Waals surface area contributed by atoms with Crippen LogP contribution in [0.2, 0.25) is 0 Å². The van der Waals surface area contributed by atoms with E-state index in [9.17, 15) is 14.7 Å². The molecule has 0 spiro atoms. The summed E-state index contributed by atoms with van der Waals surface area (Å²) in [5, 5.41) is 23.2. The lowest BCUT2D eigenvalue weighted by atomic mass is 9.95. The maximum Gasteiger partial charge on any atom is 0.296 e. The van der Waals surface area contributed by atoms with Crippen LogP contribution in [0.15, 0.2) is 82.4 Å². The topological polar surface area (TPSA) is 106 Å². The number of anilines is 1. The molecule has 3 aromatic carbocycles. The van der Waals surface area contributed by atoms with Crippen LogP contribution in [0.1, 0.15) is 44.5 Å². The third-order valence-corrected chi connectivity index (χ3v) is 10.1. The maximum absolute atomic E-state index is 13.9. The van der Waals surface area contributed by atoms with Gasteiger partial charge in [-0.3, -0.25) is 14.5 Å². The van der Waals surface area contributed by atoms with Gasteiger partial charge in [-0.05, 0) is 54.8 Å². The molecule has 8 nitrogen and oxygen atoms in total. The number of hydrogen-bond donors (Lipinski definition) is 1. The van der Waals surface area contributed by atoms with Crippen molar-refractivity contribution in [3.05, 3.63) is 105 Å². The number of carbonyl (C=O) groups excluding carboxylic acids is 2. The van der Waals surface area contributed by atoms with E-state index in [1.165, 1.54) is 55.7 Å². The van der Waals surface area contributed by atoms with Crippen molar-refractivity contribution in [2.75, 3.05) is 11.5 Å². The zero-order chi connectivity index (χ0) is 29.4. The van der Waals surface area contributed by atoms with Crippen LogP contribution in [0.3, 0.4) is 0 Å². The predicted molar refractivity (Wildman–Crippen MR) is 167 cm³/mol. The minimum Gasteiger partial charge on any atom is -0.503 e. The first-order valence-corrected chi connectivity index (χ1v) is 15.9. The Morgan fingerprint density at radius 2 is 1.83 bits per heavy atom. The molecule has 0 saturated heterocycles. The Kier molecular flexibility index (Phi) is 7.80. The first-order valence-electron chi connectivity index (χ1n) is 13.3. The fourth-order valence-electron chi connectivity index (χ4n) is 5.07. The van der Waals surface area contributed by atoms with Crippen molar-refractivity contribution in [2.45, 2.75) is 36.9 Å². The van der Waals surface area contributed by atoms with Gasteiger partial charge in [-0.1, -0.05) is 77.7 Å². The molecule has 6 rings (SSSR count). The van der Waals surface area contributed by atoms with Crippen LogP contribution >= 0.6 is 34.4 Å². The monoisotopic (exact) mass is 614 g/mol. The van der Waals surface area contributed by atoms with Crippen LogP contribution in [0.25, 0.3) is 10.8 Å². The summed E-state index contributed by atoms with van der Waals surface area (Å²) in [5.41, 5.74) is 2.32. The zero-order valence-corrected chi connectivity index (χ0v) is 25.5. The number of ether oxygens (including phenoxy) is 1. The van der Waals surface area contributed by atoms with E-state index in [0.29, 0.717) is 43.7 Å². The maximum atomic E-state index is 13.9. The summed E-state index contributed by atoms with van der Waals surface area (Å²) in [5.74, 6) is -0.480. The standard InChI is InChI=1S/C31H26N4O4S3/c1-4-39-22-13-8-11-20(15-22)25-24(26(36)28-17(2)32-18(3)41-28)27(37)29(38)35(25)30-33-34-31(42-30)40-16-21-12-7-10-19-9-5-6-14-23(19)21/h5-15,25,37H,4,16H2,1-3H3. The number of aliphatic hydroxyl groups is 1. The second-order valence-electron chi connectivity index (χ2n) is 9.60. The molecule has 1 atom stereocenters. The first kappa shape index (κ1) is 28.1. The van der Waals surface area contributed by atoms with Gasteiger partial charge in [0.2, 0.25) is 10.9 Å². The SMILES string of the molecule is CCOc1cccc(C2C(C(=O)c3sc(C)nc3C)=C(O)C(=O)N2c2nnc(SCc3cccc4ccccc34)s2)c1. The Bertz CT molecular complexity index is 1860. The van der Waals surface area contributed by atoms with Gasteiger partial charge in [0.25, 0.3) is 5.91 Å². The highest BCUT2D eigenvalue weighted by Crippen LogP contribution is 2.45. The molecule has 212 valence electrons. The lowest BCUT2D eigenvalue weighted by Gasteiger charge is -2.24. The van der Waals surface area contributed by atoms with Crippen molar-refractivity contribution in [1.82, 2.24) is 15.2 Å². The zero-order valence-electron chi connectivity index (χ0n) is 23.0. The third-order valence-electron chi connectivity index (χ3n) is 6.88. The number of fused-ring (bicyclic) bond motifs is 1. The van der Waals surface area contributed by atoms with E-state index in [1.807, 2.05) is 38.1 Å². The van der Waals surface area contributed by atoms with Gasteiger partial charge in [0.1, 0.15) is 5.75 Å². The van der Waals surface area contributed by atoms with E-state index < -0.39 is 23.5 Å². The number of benzene rings is 3. The van der Waals surface area contributed by atoms with Gasteiger partial charge in [-0.2, -0.15) is 0 Å². The molecular formula is C31H26N4O4S3. The molecule has 3 heterocycles. The minimum absolute atomic E-state index is 0.0134. The molecule has 0 radical (unpaired) electrons. The Morgan fingerprint density at radius 3 is 2.62 bits per heavy atom. The van der Waals surface area contributed by atoms with Crippen molar-refractivity contribution in [3.8, 4) is 5.75 Å². The second kappa shape index (κ2) is 11.7. The number of hydrogen-bond acceptors (Lipinski definition) is 10. The number of nitrogens with zero attached hydrogens (tertiary/aromatic N) is 4. The fraction of sp³-hybridized carbons (Fsp3) is 0.194. The summed E-state index contributed by atoms with van der Waals surface area (Å²) in [6, 6.07) is 20.7. The quantitative estimate of drug-likeness (QED) is 0.105. The molecule has 0 saturated carbocycles. The smallest absolute Gasteiger partial charge is 0.296 e. The number of ketones is 1.